The molecule has 0 saturated carbocycles. The van der Waals surface area contributed by atoms with Gasteiger partial charge in [0.05, 0.1) is 13.2 Å². The van der Waals surface area contributed by atoms with Gasteiger partial charge in [0.25, 0.3) is 0 Å². The van der Waals surface area contributed by atoms with Crippen molar-refractivity contribution in [1.29, 1.82) is 0 Å². The second-order valence-electron chi connectivity index (χ2n) is 9.91. The fourth-order valence-corrected chi connectivity index (χ4v) is 5.08. The third kappa shape index (κ3) is 31.4. The van der Waals surface area contributed by atoms with Gasteiger partial charge in [-0.05, 0) is 12.8 Å². The van der Waals surface area contributed by atoms with Crippen LogP contribution in [0.2, 0.25) is 0 Å². The second kappa shape index (κ2) is 30.6. The summed E-state index contributed by atoms with van der Waals surface area (Å²) in [7, 11) is -3.86. The third-order valence-electron chi connectivity index (χ3n) is 6.50. The first-order valence-electron chi connectivity index (χ1n) is 14.7. The summed E-state index contributed by atoms with van der Waals surface area (Å²) in [6.07, 6.45) is 30.6. The topological polar surface area (TPSA) is 55.8 Å². The van der Waals surface area contributed by atoms with Crippen LogP contribution in [0.5, 0.6) is 0 Å². The van der Waals surface area contributed by atoms with Crippen LogP contribution in [0.15, 0.2) is 0 Å². The van der Waals surface area contributed by atoms with Gasteiger partial charge in [-0.15, -0.1) is 0 Å². The van der Waals surface area contributed by atoms with Crippen molar-refractivity contribution in [3.8, 4) is 0 Å². The first-order chi connectivity index (χ1) is 16.1. The van der Waals surface area contributed by atoms with Crippen molar-refractivity contribution in [3.63, 3.8) is 0 Å². The molecule has 0 spiro atoms. The van der Waals surface area contributed by atoms with Gasteiger partial charge in [0.15, 0.2) is 0 Å². The van der Waals surface area contributed by atoms with E-state index in [1.807, 2.05) is 0 Å². The minimum absolute atomic E-state index is 0. The van der Waals surface area contributed by atoms with Crippen molar-refractivity contribution in [1.82, 2.24) is 0 Å². The zero-order valence-electron chi connectivity index (χ0n) is 25.2. The van der Waals surface area contributed by atoms with Crippen molar-refractivity contribution in [2.45, 2.75) is 168 Å². The van der Waals surface area contributed by atoms with E-state index in [1.165, 1.54) is 128 Å². The van der Waals surface area contributed by atoms with Gasteiger partial charge in [0, 0.05) is 0 Å². The normalized spacial score (nSPS) is 11.6. The van der Waals surface area contributed by atoms with Crippen LogP contribution in [0, 0.1) is 0 Å². The summed E-state index contributed by atoms with van der Waals surface area (Å²) >= 11 is 0. The molecular weight excluding hydrogens is 471 g/mol. The molecule has 0 heterocycles. The summed E-state index contributed by atoms with van der Waals surface area (Å²) in [6.45, 7) is 5.17. The molecule has 34 heavy (non-hydrogen) atoms. The van der Waals surface area contributed by atoms with Crippen LogP contribution in [0.1, 0.15) is 171 Å². The van der Waals surface area contributed by atoms with Gasteiger partial charge in [-0.1, -0.05) is 155 Å². The summed E-state index contributed by atoms with van der Waals surface area (Å²) in [4.78, 5) is 9.78. The molecule has 0 radical (unpaired) electrons. The van der Waals surface area contributed by atoms with Gasteiger partial charge >= 0.3 is 45.6 Å². The molecule has 0 fully saturated rings. The molecule has 0 rings (SSSR count). The number of hydrogen-bond acceptors (Lipinski definition) is 3. The molecule has 0 aromatic carbocycles. The number of unbranched alkanes of at least 4 members (excludes halogenated alkanes) is 22. The Morgan fingerprint density at radius 3 is 0.912 bits per heavy atom. The first-order valence-corrected chi connectivity index (χ1v) is 16.2. The van der Waals surface area contributed by atoms with E-state index in [0.29, 0.717) is 13.2 Å². The Bertz CT molecular complexity index is 400. The molecular formula is C28H61CaO4P. The molecule has 0 aliphatic carbocycles. The molecule has 0 aliphatic rings. The molecule has 0 atom stereocenters. The predicted molar refractivity (Wildman–Crippen MR) is 152 cm³/mol. The molecule has 0 aliphatic heterocycles. The van der Waals surface area contributed by atoms with Gasteiger partial charge in [0.1, 0.15) is 0 Å². The Labute approximate surface area is 246 Å². The van der Waals surface area contributed by atoms with Crippen LogP contribution in [0.25, 0.3) is 0 Å². The molecule has 4 nitrogen and oxygen atoms in total. The van der Waals surface area contributed by atoms with Crippen LogP contribution in [-0.4, -0.2) is 55.8 Å². The minimum Gasteiger partial charge on any atom is -1.00 e. The van der Waals surface area contributed by atoms with Gasteiger partial charge < -0.3 is 7.75 Å². The van der Waals surface area contributed by atoms with E-state index in [1.54, 1.807) is 0 Å². The first kappa shape index (κ1) is 37.5. The summed E-state index contributed by atoms with van der Waals surface area (Å²) in [6, 6.07) is 0. The fraction of sp³-hybridized carbons (Fsp3) is 1.00. The van der Waals surface area contributed by atoms with Crippen LogP contribution >= 0.6 is 7.82 Å². The van der Waals surface area contributed by atoms with E-state index in [4.69, 9.17) is 9.05 Å². The number of hydrogen-bond donors (Lipinski definition) is 1. The van der Waals surface area contributed by atoms with Crippen molar-refractivity contribution in [2.75, 3.05) is 13.2 Å². The maximum atomic E-state index is 11.9. The van der Waals surface area contributed by atoms with E-state index in [-0.39, 0.29) is 40.6 Å². The molecule has 0 aromatic rings. The van der Waals surface area contributed by atoms with Crippen LogP contribution in [0.3, 0.4) is 0 Å². The van der Waals surface area contributed by atoms with E-state index in [0.717, 1.165) is 25.7 Å². The fourth-order valence-electron chi connectivity index (χ4n) is 4.28. The van der Waals surface area contributed by atoms with Crippen LogP contribution in [0.4, 0.5) is 0 Å². The molecule has 0 saturated heterocycles. The number of phosphoric ester groups is 1. The molecule has 204 valence electrons. The van der Waals surface area contributed by atoms with Gasteiger partial charge in [-0.25, -0.2) is 4.57 Å². The third-order valence-corrected chi connectivity index (χ3v) is 7.52. The Morgan fingerprint density at radius 2 is 0.676 bits per heavy atom. The maximum absolute atomic E-state index is 11.9. The van der Waals surface area contributed by atoms with Gasteiger partial charge in [-0.3, -0.25) is 9.05 Å². The predicted octanol–water partition coefficient (Wildman–Crippen LogP) is 10.4. The second-order valence-corrected chi connectivity index (χ2v) is 11.4. The van der Waals surface area contributed by atoms with Crippen molar-refractivity contribution in [2.24, 2.45) is 0 Å². The van der Waals surface area contributed by atoms with E-state index in [9.17, 15) is 9.46 Å². The Kier molecular flexibility index (Phi) is 33.8. The molecule has 0 bridgehead atoms. The van der Waals surface area contributed by atoms with Gasteiger partial charge in [-0.2, -0.15) is 0 Å². The average Bonchev–Trinajstić information content (AvgIpc) is 2.80. The SMILES string of the molecule is CCCCCCCCCCCCCCOP(=O)(O)OCCCCCCCCCCCCCC.[Ca+2].[H-].[H-]. The van der Waals surface area contributed by atoms with Crippen molar-refractivity contribution >= 4 is 45.6 Å². The molecule has 6 heteroatoms. The van der Waals surface area contributed by atoms with Crippen LogP contribution < -0.4 is 0 Å². The van der Waals surface area contributed by atoms with Crippen molar-refractivity contribution in [3.05, 3.63) is 0 Å². The van der Waals surface area contributed by atoms with Crippen molar-refractivity contribution < 1.29 is 21.4 Å². The van der Waals surface area contributed by atoms with E-state index >= 15 is 0 Å². The minimum atomic E-state index is -3.86. The molecule has 0 aromatic heterocycles. The van der Waals surface area contributed by atoms with Crippen LogP contribution in [-0.2, 0) is 13.6 Å². The monoisotopic (exact) mass is 532 g/mol. The summed E-state index contributed by atoms with van der Waals surface area (Å²) in [5.74, 6) is 0. The Hall–Kier alpha value is 1.37. The Balaban J connectivity index is -0.00000171. The summed E-state index contributed by atoms with van der Waals surface area (Å²) < 4.78 is 22.2. The smallest absolute Gasteiger partial charge is 1.00 e. The summed E-state index contributed by atoms with van der Waals surface area (Å²) in [5, 5.41) is 0. The van der Waals surface area contributed by atoms with E-state index in [2.05, 4.69) is 13.8 Å². The zero-order valence-corrected chi connectivity index (χ0v) is 26.3. The molecule has 1 N–H and O–H groups in total. The number of phosphoric acid groups is 1. The molecule has 0 unspecified atom stereocenters. The average molecular weight is 533 g/mol. The Morgan fingerprint density at radius 1 is 0.471 bits per heavy atom. The maximum Gasteiger partial charge on any atom is 2.00 e. The zero-order chi connectivity index (χ0) is 24.3. The summed E-state index contributed by atoms with van der Waals surface area (Å²) in [5.41, 5.74) is 0. The standard InChI is InChI=1S/C28H59O4P.Ca.2H/c1-3-5-7-9-11-13-15-17-19-21-23-25-27-31-33(29,30)32-28-26-24-22-20-18-16-14-12-10-8-6-4-2;;;/h3-28H2,1-2H3,(H,29,30);;;/q;+2;2*-1. The van der Waals surface area contributed by atoms with Gasteiger partial charge in [0.2, 0.25) is 0 Å². The largest absolute Gasteiger partial charge is 2.00 e. The number of rotatable bonds is 28. The molecule has 0 amide bonds. The quantitative estimate of drug-likeness (QED) is 0.0618. The van der Waals surface area contributed by atoms with E-state index < -0.39 is 7.82 Å².